The highest BCUT2D eigenvalue weighted by molar-refractivity contribution is 6.03. The van der Waals surface area contributed by atoms with Gasteiger partial charge in [0.1, 0.15) is 11.6 Å². The van der Waals surface area contributed by atoms with Crippen LogP contribution >= 0.6 is 0 Å². The third kappa shape index (κ3) is 4.53. The molecule has 1 fully saturated rings. The monoisotopic (exact) mass is 459 g/mol. The molecule has 0 aliphatic carbocycles. The summed E-state index contributed by atoms with van der Waals surface area (Å²) in [5.41, 5.74) is 2.40. The van der Waals surface area contributed by atoms with Crippen LogP contribution in [0.25, 0.3) is 11.4 Å². The minimum Gasteiger partial charge on any atom is -0.494 e. The van der Waals surface area contributed by atoms with Gasteiger partial charge in [-0.15, -0.1) is 10.2 Å². The van der Waals surface area contributed by atoms with Gasteiger partial charge in [0.15, 0.2) is 5.82 Å². The number of carbonyl (C=O) groups is 2. The predicted molar refractivity (Wildman–Crippen MR) is 130 cm³/mol. The zero-order valence-corrected chi connectivity index (χ0v) is 19.4. The standard InChI is InChI=1S/C26H29N5O3/c1-2-34-22-12-10-21(11-13-22)31-17-19(16-24(31)32)26(33)27-20-8-6-7-18(15-20)25-29-28-23-9-4-3-5-14-30(23)25/h6-8,10-13,15,19H,2-5,9,14,16-17H2,1H3,(H,27,33). The van der Waals surface area contributed by atoms with Gasteiger partial charge in [0.2, 0.25) is 11.8 Å². The van der Waals surface area contributed by atoms with E-state index in [4.69, 9.17) is 4.74 Å². The fourth-order valence-corrected chi connectivity index (χ4v) is 4.70. The minimum absolute atomic E-state index is 0.0517. The second-order valence-electron chi connectivity index (χ2n) is 8.80. The van der Waals surface area contributed by atoms with Crippen LogP contribution in [0.15, 0.2) is 48.5 Å². The van der Waals surface area contributed by atoms with Crippen molar-refractivity contribution >= 4 is 23.2 Å². The molecule has 3 heterocycles. The Hall–Kier alpha value is -3.68. The molecule has 2 aliphatic heterocycles. The number of nitrogens with one attached hydrogen (secondary N) is 1. The Labute approximate surface area is 198 Å². The van der Waals surface area contributed by atoms with Crippen molar-refractivity contribution in [3.63, 3.8) is 0 Å². The zero-order valence-electron chi connectivity index (χ0n) is 19.4. The van der Waals surface area contributed by atoms with Crippen LogP contribution < -0.4 is 15.0 Å². The van der Waals surface area contributed by atoms with E-state index >= 15 is 0 Å². The van der Waals surface area contributed by atoms with Gasteiger partial charge >= 0.3 is 0 Å². The van der Waals surface area contributed by atoms with Crippen LogP contribution in [-0.2, 0) is 22.6 Å². The Bertz CT molecular complexity index is 1190. The van der Waals surface area contributed by atoms with Gasteiger partial charge in [0.25, 0.3) is 0 Å². The summed E-state index contributed by atoms with van der Waals surface area (Å²) in [7, 11) is 0. The first kappa shape index (κ1) is 22.1. The molecule has 1 saturated heterocycles. The second kappa shape index (κ2) is 9.67. The number of rotatable bonds is 6. The van der Waals surface area contributed by atoms with Crippen LogP contribution in [0.3, 0.4) is 0 Å². The molecule has 1 unspecified atom stereocenters. The van der Waals surface area contributed by atoms with Crippen molar-refractivity contribution in [2.75, 3.05) is 23.4 Å². The first-order chi connectivity index (χ1) is 16.6. The summed E-state index contributed by atoms with van der Waals surface area (Å²) >= 11 is 0. The van der Waals surface area contributed by atoms with E-state index in [2.05, 4.69) is 20.1 Å². The molecule has 1 N–H and O–H groups in total. The van der Waals surface area contributed by atoms with E-state index in [0.717, 1.165) is 54.5 Å². The van der Waals surface area contributed by atoms with Crippen molar-refractivity contribution in [2.24, 2.45) is 5.92 Å². The molecule has 0 saturated carbocycles. The summed E-state index contributed by atoms with van der Waals surface area (Å²) in [6.45, 7) is 3.79. The molecule has 8 nitrogen and oxygen atoms in total. The van der Waals surface area contributed by atoms with Crippen molar-refractivity contribution in [1.82, 2.24) is 14.8 Å². The molecular formula is C26H29N5O3. The Kier molecular flexibility index (Phi) is 6.29. The average molecular weight is 460 g/mol. The van der Waals surface area contributed by atoms with Gasteiger partial charge in [-0.2, -0.15) is 0 Å². The van der Waals surface area contributed by atoms with Crippen molar-refractivity contribution < 1.29 is 14.3 Å². The first-order valence-electron chi connectivity index (χ1n) is 12.0. The van der Waals surface area contributed by atoms with E-state index in [9.17, 15) is 9.59 Å². The van der Waals surface area contributed by atoms with Crippen LogP contribution in [0.1, 0.15) is 38.4 Å². The number of hydrogen-bond donors (Lipinski definition) is 1. The highest BCUT2D eigenvalue weighted by Gasteiger charge is 2.35. The normalized spacial score (nSPS) is 17.9. The lowest BCUT2D eigenvalue weighted by Gasteiger charge is -2.17. The molecule has 1 aromatic heterocycles. The van der Waals surface area contributed by atoms with Crippen LogP contribution in [0, 0.1) is 5.92 Å². The molecule has 5 rings (SSSR count). The summed E-state index contributed by atoms with van der Waals surface area (Å²) in [4.78, 5) is 27.3. The first-order valence-corrected chi connectivity index (χ1v) is 12.0. The number of carbonyl (C=O) groups excluding carboxylic acids is 2. The Morgan fingerprint density at radius 2 is 1.97 bits per heavy atom. The van der Waals surface area contributed by atoms with E-state index < -0.39 is 5.92 Å². The molecule has 2 aliphatic rings. The number of nitrogens with zero attached hydrogens (tertiary/aromatic N) is 4. The minimum atomic E-state index is -0.410. The molecular weight excluding hydrogens is 430 g/mol. The van der Waals surface area contributed by atoms with Crippen molar-refractivity contribution in [3.8, 4) is 17.1 Å². The molecule has 0 bridgehead atoms. The van der Waals surface area contributed by atoms with Gasteiger partial charge in [-0.1, -0.05) is 18.6 Å². The summed E-state index contributed by atoms with van der Waals surface area (Å²) in [6, 6.07) is 15.1. The second-order valence-corrected chi connectivity index (χ2v) is 8.80. The highest BCUT2D eigenvalue weighted by atomic mass is 16.5. The lowest BCUT2D eigenvalue weighted by Crippen LogP contribution is -2.28. The number of aryl methyl sites for hydroxylation is 1. The SMILES string of the molecule is CCOc1ccc(N2CC(C(=O)Nc3cccc(-c4nnc5n4CCCCC5)c3)CC2=O)cc1. The third-order valence-corrected chi connectivity index (χ3v) is 6.45. The summed E-state index contributed by atoms with van der Waals surface area (Å²) < 4.78 is 7.66. The lowest BCUT2D eigenvalue weighted by atomic mass is 10.1. The van der Waals surface area contributed by atoms with Crippen LogP contribution in [-0.4, -0.2) is 39.7 Å². The lowest BCUT2D eigenvalue weighted by molar-refractivity contribution is -0.122. The van der Waals surface area contributed by atoms with E-state index in [0.29, 0.717) is 18.8 Å². The fourth-order valence-electron chi connectivity index (χ4n) is 4.70. The molecule has 0 radical (unpaired) electrons. The van der Waals surface area contributed by atoms with Crippen LogP contribution in [0.4, 0.5) is 11.4 Å². The van der Waals surface area contributed by atoms with E-state index in [1.165, 1.54) is 6.42 Å². The predicted octanol–water partition coefficient (Wildman–Crippen LogP) is 4.06. The Morgan fingerprint density at radius 1 is 1.12 bits per heavy atom. The summed E-state index contributed by atoms with van der Waals surface area (Å²) in [5.74, 6) is 2.01. The molecule has 176 valence electrons. The van der Waals surface area contributed by atoms with Gasteiger partial charge in [-0.05, 0) is 56.2 Å². The van der Waals surface area contributed by atoms with Crippen molar-refractivity contribution in [2.45, 2.75) is 45.6 Å². The molecule has 2 aromatic carbocycles. The zero-order chi connectivity index (χ0) is 23.5. The van der Waals surface area contributed by atoms with E-state index in [-0.39, 0.29) is 18.2 Å². The van der Waals surface area contributed by atoms with E-state index in [1.807, 2.05) is 55.5 Å². The largest absolute Gasteiger partial charge is 0.494 e. The number of anilines is 2. The number of aromatic nitrogens is 3. The number of hydrogen-bond acceptors (Lipinski definition) is 5. The smallest absolute Gasteiger partial charge is 0.229 e. The van der Waals surface area contributed by atoms with Gasteiger partial charge in [-0.3, -0.25) is 9.59 Å². The molecule has 34 heavy (non-hydrogen) atoms. The fraction of sp³-hybridized carbons (Fsp3) is 0.385. The molecule has 3 aromatic rings. The summed E-state index contributed by atoms with van der Waals surface area (Å²) in [6.07, 6.45) is 4.60. The summed E-state index contributed by atoms with van der Waals surface area (Å²) in [5, 5.41) is 11.8. The maximum absolute atomic E-state index is 13.0. The van der Waals surface area contributed by atoms with Crippen LogP contribution in [0.5, 0.6) is 5.75 Å². The van der Waals surface area contributed by atoms with Gasteiger partial charge in [0, 0.05) is 42.9 Å². The van der Waals surface area contributed by atoms with Gasteiger partial charge < -0.3 is 19.5 Å². The third-order valence-electron chi connectivity index (χ3n) is 6.45. The van der Waals surface area contributed by atoms with Crippen molar-refractivity contribution in [1.29, 1.82) is 0 Å². The Balaban J connectivity index is 1.27. The Morgan fingerprint density at radius 3 is 2.79 bits per heavy atom. The quantitative estimate of drug-likeness (QED) is 0.600. The molecule has 8 heteroatoms. The number of benzene rings is 2. The van der Waals surface area contributed by atoms with Crippen LogP contribution in [0.2, 0.25) is 0 Å². The van der Waals surface area contributed by atoms with Crippen molar-refractivity contribution in [3.05, 3.63) is 54.4 Å². The number of fused-ring (bicyclic) bond motifs is 1. The molecule has 1 atom stereocenters. The maximum Gasteiger partial charge on any atom is 0.229 e. The average Bonchev–Trinajstić information content (AvgIpc) is 3.36. The molecule has 0 spiro atoms. The highest BCUT2D eigenvalue weighted by Crippen LogP contribution is 2.29. The number of amides is 2. The molecule has 2 amide bonds. The maximum atomic E-state index is 13.0. The van der Waals surface area contributed by atoms with Gasteiger partial charge in [-0.25, -0.2) is 0 Å². The topological polar surface area (TPSA) is 89.3 Å². The van der Waals surface area contributed by atoms with E-state index in [1.54, 1.807) is 4.90 Å². The number of ether oxygens (including phenoxy) is 1. The van der Waals surface area contributed by atoms with Gasteiger partial charge in [0.05, 0.1) is 12.5 Å².